The van der Waals surface area contributed by atoms with Crippen LogP contribution in [0, 0.1) is 24.4 Å². The van der Waals surface area contributed by atoms with Crippen molar-refractivity contribution in [1.82, 2.24) is 0 Å². The molecule has 102 valence electrons. The van der Waals surface area contributed by atoms with Crippen LogP contribution in [-0.2, 0) is 0 Å². The fourth-order valence-corrected chi connectivity index (χ4v) is 1.53. The lowest BCUT2D eigenvalue weighted by Crippen LogP contribution is -1.89. The van der Waals surface area contributed by atoms with Crippen LogP contribution in [0.25, 0.3) is 0 Å². The monoisotopic (exact) mass is 276 g/mol. The number of benzene rings is 2. The van der Waals surface area contributed by atoms with E-state index in [4.69, 9.17) is 0 Å². The quantitative estimate of drug-likeness (QED) is 0.600. The Balaban J connectivity index is 2.09. The molecule has 2 aromatic rings. The minimum Gasteiger partial charge on any atom is -0.206 e. The van der Waals surface area contributed by atoms with Gasteiger partial charge in [-0.3, -0.25) is 0 Å². The number of nitrogens with zero attached hydrogens (tertiary/aromatic N) is 2. The minimum atomic E-state index is -0.956. The summed E-state index contributed by atoms with van der Waals surface area (Å²) in [5, 5.41) is 7.33. The van der Waals surface area contributed by atoms with E-state index in [-0.39, 0.29) is 0 Å². The molecule has 0 aliphatic rings. The Morgan fingerprint density at radius 3 is 2.25 bits per heavy atom. The van der Waals surface area contributed by atoms with E-state index in [0.29, 0.717) is 11.1 Å². The first-order valence-corrected chi connectivity index (χ1v) is 5.84. The lowest BCUT2D eigenvalue weighted by Gasteiger charge is -1.96. The minimum absolute atomic E-state index is 0.304. The average molecular weight is 276 g/mol. The molecule has 2 aromatic carbocycles. The van der Waals surface area contributed by atoms with Gasteiger partial charge in [0.2, 0.25) is 0 Å². The third-order valence-electron chi connectivity index (χ3n) is 2.57. The molecule has 5 heteroatoms. The highest BCUT2D eigenvalue weighted by Crippen LogP contribution is 2.08. The topological polar surface area (TPSA) is 24.7 Å². The molecule has 0 heterocycles. The van der Waals surface area contributed by atoms with Crippen molar-refractivity contribution in [3.63, 3.8) is 0 Å². The van der Waals surface area contributed by atoms with Crippen LogP contribution in [0.5, 0.6) is 0 Å². The number of hydrogen-bond donors (Lipinski definition) is 0. The number of rotatable bonds is 3. The standard InChI is InChI=1S/C15H11F3N2/c1-10-2-4-12(14(17)6-10)9-20-19-8-11-3-5-13(16)15(18)7-11/h2-9H,1H3/b19-8+,20-9+. The second-order valence-corrected chi connectivity index (χ2v) is 4.19. The molecule has 0 unspecified atom stereocenters. The van der Waals surface area contributed by atoms with Gasteiger partial charge in [0.15, 0.2) is 11.6 Å². The van der Waals surface area contributed by atoms with Crippen LogP contribution in [0.1, 0.15) is 16.7 Å². The van der Waals surface area contributed by atoms with Crippen LogP contribution >= 0.6 is 0 Å². The fourth-order valence-electron chi connectivity index (χ4n) is 1.53. The van der Waals surface area contributed by atoms with Gasteiger partial charge in [-0.05, 0) is 36.2 Å². The third kappa shape index (κ3) is 3.54. The molecular formula is C15H11F3N2. The highest BCUT2D eigenvalue weighted by atomic mass is 19.2. The molecule has 0 N–H and O–H groups in total. The molecule has 0 radical (unpaired) electrons. The summed E-state index contributed by atoms with van der Waals surface area (Å²) >= 11 is 0. The van der Waals surface area contributed by atoms with Gasteiger partial charge in [-0.1, -0.05) is 18.2 Å². The smallest absolute Gasteiger partial charge is 0.159 e. The maximum absolute atomic E-state index is 13.5. The van der Waals surface area contributed by atoms with E-state index in [1.165, 1.54) is 24.6 Å². The highest BCUT2D eigenvalue weighted by Gasteiger charge is 2.00. The van der Waals surface area contributed by atoms with Crippen LogP contribution in [-0.4, -0.2) is 12.4 Å². The molecular weight excluding hydrogens is 265 g/mol. The molecule has 0 saturated heterocycles. The number of halogens is 3. The molecule has 2 nitrogen and oxygen atoms in total. The lowest BCUT2D eigenvalue weighted by molar-refractivity contribution is 0.508. The summed E-state index contributed by atoms with van der Waals surface area (Å²) in [5.74, 6) is -2.27. The van der Waals surface area contributed by atoms with Crippen molar-refractivity contribution in [3.8, 4) is 0 Å². The number of aryl methyl sites for hydroxylation is 1. The maximum atomic E-state index is 13.5. The molecule has 0 aliphatic heterocycles. The van der Waals surface area contributed by atoms with Crippen molar-refractivity contribution in [1.29, 1.82) is 0 Å². The van der Waals surface area contributed by atoms with Crippen molar-refractivity contribution in [2.75, 3.05) is 0 Å². The Kier molecular flexibility index (Phi) is 4.30. The Bertz CT molecular complexity index is 679. The van der Waals surface area contributed by atoms with Gasteiger partial charge >= 0.3 is 0 Å². The van der Waals surface area contributed by atoms with E-state index in [2.05, 4.69) is 10.2 Å². The van der Waals surface area contributed by atoms with Crippen LogP contribution in [0.15, 0.2) is 46.6 Å². The molecule has 0 saturated carbocycles. The van der Waals surface area contributed by atoms with Gasteiger partial charge in [0.1, 0.15) is 5.82 Å². The highest BCUT2D eigenvalue weighted by molar-refractivity contribution is 5.82. The van der Waals surface area contributed by atoms with Crippen LogP contribution in [0.2, 0.25) is 0 Å². The molecule has 0 amide bonds. The van der Waals surface area contributed by atoms with Gasteiger partial charge < -0.3 is 0 Å². The second-order valence-electron chi connectivity index (χ2n) is 4.19. The van der Waals surface area contributed by atoms with E-state index in [9.17, 15) is 13.2 Å². The van der Waals surface area contributed by atoms with E-state index in [1.807, 2.05) is 0 Å². The molecule has 0 fully saturated rings. The van der Waals surface area contributed by atoms with Gasteiger partial charge in [0.25, 0.3) is 0 Å². The second kappa shape index (κ2) is 6.14. The Morgan fingerprint density at radius 2 is 1.55 bits per heavy atom. The van der Waals surface area contributed by atoms with Crippen molar-refractivity contribution in [2.24, 2.45) is 10.2 Å². The molecule has 0 spiro atoms. The fraction of sp³-hybridized carbons (Fsp3) is 0.0667. The molecule has 0 atom stereocenters. The van der Waals surface area contributed by atoms with Gasteiger partial charge in [0, 0.05) is 5.56 Å². The average Bonchev–Trinajstić information content (AvgIpc) is 2.40. The number of hydrogen-bond acceptors (Lipinski definition) is 2. The van der Waals surface area contributed by atoms with Crippen molar-refractivity contribution in [3.05, 3.63) is 70.5 Å². The van der Waals surface area contributed by atoms with Crippen molar-refractivity contribution in [2.45, 2.75) is 6.92 Å². The van der Waals surface area contributed by atoms with Crippen LogP contribution < -0.4 is 0 Å². The zero-order valence-electron chi connectivity index (χ0n) is 10.6. The van der Waals surface area contributed by atoms with Gasteiger partial charge in [-0.25, -0.2) is 13.2 Å². The molecule has 0 aliphatic carbocycles. The normalized spacial score (nSPS) is 11.6. The van der Waals surface area contributed by atoms with E-state index in [0.717, 1.165) is 17.7 Å². The molecule has 0 aromatic heterocycles. The Labute approximate surface area is 114 Å². The first-order valence-electron chi connectivity index (χ1n) is 5.84. The predicted octanol–water partition coefficient (Wildman–Crippen LogP) is 3.87. The summed E-state index contributed by atoms with van der Waals surface area (Å²) < 4.78 is 39.1. The first kappa shape index (κ1) is 14.0. The Hall–Kier alpha value is -2.43. The predicted molar refractivity (Wildman–Crippen MR) is 72.7 cm³/mol. The Morgan fingerprint density at radius 1 is 0.800 bits per heavy atom. The van der Waals surface area contributed by atoms with Crippen LogP contribution in [0.4, 0.5) is 13.2 Å². The van der Waals surface area contributed by atoms with E-state index < -0.39 is 17.5 Å². The maximum Gasteiger partial charge on any atom is 0.159 e. The van der Waals surface area contributed by atoms with Gasteiger partial charge in [0.05, 0.1) is 12.4 Å². The lowest BCUT2D eigenvalue weighted by atomic mass is 10.1. The molecule has 20 heavy (non-hydrogen) atoms. The summed E-state index contributed by atoms with van der Waals surface area (Å²) in [7, 11) is 0. The van der Waals surface area contributed by atoms with Gasteiger partial charge in [-0.2, -0.15) is 10.2 Å². The zero-order chi connectivity index (χ0) is 14.5. The SMILES string of the molecule is Cc1ccc(/C=N/N=C/c2ccc(F)c(F)c2)c(F)c1. The summed E-state index contributed by atoms with van der Waals surface area (Å²) in [4.78, 5) is 0. The summed E-state index contributed by atoms with van der Waals surface area (Å²) in [6, 6.07) is 8.09. The van der Waals surface area contributed by atoms with Crippen molar-refractivity contribution < 1.29 is 13.2 Å². The largest absolute Gasteiger partial charge is 0.206 e. The molecule has 0 bridgehead atoms. The van der Waals surface area contributed by atoms with Crippen LogP contribution in [0.3, 0.4) is 0 Å². The summed E-state index contributed by atoms with van der Waals surface area (Å²) in [6.45, 7) is 1.78. The first-order chi connectivity index (χ1) is 9.56. The zero-order valence-corrected chi connectivity index (χ0v) is 10.6. The van der Waals surface area contributed by atoms with Gasteiger partial charge in [-0.15, -0.1) is 0 Å². The third-order valence-corrected chi connectivity index (χ3v) is 2.57. The van der Waals surface area contributed by atoms with Crippen molar-refractivity contribution >= 4 is 12.4 Å². The van der Waals surface area contributed by atoms with E-state index >= 15 is 0 Å². The summed E-state index contributed by atoms with van der Waals surface area (Å²) in [5.41, 5.74) is 1.48. The van der Waals surface area contributed by atoms with E-state index in [1.54, 1.807) is 19.1 Å². The molecule has 2 rings (SSSR count). The summed E-state index contributed by atoms with van der Waals surface area (Å²) in [6.07, 6.45) is 2.51.